The van der Waals surface area contributed by atoms with Crippen molar-refractivity contribution in [2.45, 2.75) is 19.3 Å². The van der Waals surface area contributed by atoms with Crippen LogP contribution in [-0.2, 0) is 23.0 Å². The Balaban J connectivity index is 2.81. The summed E-state index contributed by atoms with van der Waals surface area (Å²) in [4.78, 5) is 0. The van der Waals surface area contributed by atoms with Crippen LogP contribution in [0.1, 0.15) is 19.3 Å². The van der Waals surface area contributed by atoms with E-state index >= 15 is 0 Å². The number of hydrogen-bond donors (Lipinski definition) is 1. The van der Waals surface area contributed by atoms with Crippen molar-refractivity contribution in [3.8, 4) is 18.2 Å². The smallest absolute Gasteiger partial charge is 0.346 e. The summed E-state index contributed by atoms with van der Waals surface area (Å²) in [6.07, 6.45) is 0.685. The van der Waals surface area contributed by atoms with E-state index in [0.29, 0.717) is 32.8 Å². The SMILES string of the molecule is CN(CCC#N)P1(OCCOCCO)=NP(N(C)CCC#N)(N(C)CCC#N)=NP2(=N1)OCCOCCO2. The molecular weight excluding hydrogens is 555 g/mol. The van der Waals surface area contributed by atoms with Crippen molar-refractivity contribution in [3.63, 3.8) is 0 Å². The minimum atomic E-state index is -3.32. The minimum Gasteiger partial charge on any atom is -0.394 e. The van der Waals surface area contributed by atoms with E-state index in [2.05, 4.69) is 18.2 Å². The lowest BCUT2D eigenvalue weighted by Gasteiger charge is -2.44. The monoisotopic (exact) mass is 593 g/mol. The largest absolute Gasteiger partial charge is 0.394 e. The molecule has 1 atom stereocenters. The van der Waals surface area contributed by atoms with E-state index in [0.717, 1.165) is 0 Å². The molecule has 214 valence electrons. The minimum absolute atomic E-state index is 0.115. The van der Waals surface area contributed by atoms with Crippen LogP contribution in [0.15, 0.2) is 13.5 Å². The van der Waals surface area contributed by atoms with Crippen LogP contribution in [0.5, 0.6) is 0 Å². The highest BCUT2D eigenvalue weighted by Gasteiger charge is 2.46. The zero-order valence-electron chi connectivity index (χ0n) is 22.3. The normalized spacial score (nSPS) is 22.4. The summed E-state index contributed by atoms with van der Waals surface area (Å²) in [7, 11) is -4.19. The van der Waals surface area contributed by atoms with E-state index < -0.39 is 22.7 Å². The second-order valence-corrected chi connectivity index (χ2v) is 16.2. The van der Waals surface area contributed by atoms with Gasteiger partial charge in [-0.1, -0.05) is 0 Å². The van der Waals surface area contributed by atoms with Gasteiger partial charge in [-0.25, -0.2) is 14.0 Å². The van der Waals surface area contributed by atoms with Gasteiger partial charge in [-0.2, -0.15) is 29.3 Å². The molecule has 38 heavy (non-hydrogen) atoms. The Morgan fingerprint density at radius 3 is 1.84 bits per heavy atom. The molecule has 2 aliphatic rings. The molecule has 1 unspecified atom stereocenters. The molecule has 0 amide bonds. The first-order chi connectivity index (χ1) is 18.3. The number of nitriles is 3. The van der Waals surface area contributed by atoms with Gasteiger partial charge in [0.25, 0.3) is 7.58 Å². The molecule has 1 spiro atoms. The van der Waals surface area contributed by atoms with Gasteiger partial charge >= 0.3 is 7.66 Å². The highest BCUT2D eigenvalue weighted by atomic mass is 31.3. The maximum absolute atomic E-state index is 9.32. The fraction of sp³-hybridized carbons (Fsp3) is 0.850. The van der Waals surface area contributed by atoms with Crippen LogP contribution < -0.4 is 0 Å². The molecular formula is C20H38N9O6P3. The Bertz CT molecular complexity index is 1010. The molecule has 0 aromatic rings. The number of ether oxygens (including phenoxy) is 2. The zero-order valence-corrected chi connectivity index (χ0v) is 24.9. The second-order valence-electron chi connectivity index (χ2n) is 8.12. The zero-order chi connectivity index (χ0) is 27.9. The third-order valence-corrected chi connectivity index (χ3v) is 15.9. The Hall–Kier alpha value is -1.20. The van der Waals surface area contributed by atoms with Crippen molar-refractivity contribution in [1.29, 1.82) is 15.8 Å². The third-order valence-electron chi connectivity index (χ3n) is 5.40. The average Bonchev–Trinajstić information content (AvgIpc) is 2.90. The van der Waals surface area contributed by atoms with Crippen molar-refractivity contribution >= 4 is 22.7 Å². The van der Waals surface area contributed by atoms with Crippen molar-refractivity contribution in [2.24, 2.45) is 13.5 Å². The van der Waals surface area contributed by atoms with Gasteiger partial charge in [0, 0.05) is 38.9 Å². The number of rotatable bonds is 15. The van der Waals surface area contributed by atoms with Gasteiger partial charge in [0.1, 0.15) is 0 Å². The third kappa shape index (κ3) is 8.91. The molecule has 2 heterocycles. The van der Waals surface area contributed by atoms with Crippen LogP contribution in [0.25, 0.3) is 0 Å². The van der Waals surface area contributed by atoms with Gasteiger partial charge in [-0.05, 0) is 21.1 Å². The van der Waals surface area contributed by atoms with Crippen molar-refractivity contribution < 1.29 is 28.2 Å². The van der Waals surface area contributed by atoms with E-state index in [1.54, 1.807) is 7.05 Å². The first kappa shape index (κ1) is 33.0. The molecule has 15 nitrogen and oxygen atoms in total. The molecule has 0 saturated carbocycles. The van der Waals surface area contributed by atoms with E-state index in [4.69, 9.17) is 41.7 Å². The van der Waals surface area contributed by atoms with Gasteiger partial charge < -0.3 is 28.2 Å². The maximum Gasteiger partial charge on any atom is 0.346 e. The molecule has 0 bridgehead atoms. The lowest BCUT2D eigenvalue weighted by molar-refractivity contribution is 0.0506. The Morgan fingerprint density at radius 2 is 1.32 bits per heavy atom. The number of nitrogens with zero attached hydrogens (tertiary/aromatic N) is 9. The summed E-state index contributed by atoms with van der Waals surface area (Å²) in [5.41, 5.74) is 0. The summed E-state index contributed by atoms with van der Waals surface area (Å²) in [5.74, 6) is 0. The molecule has 1 fully saturated rings. The van der Waals surface area contributed by atoms with Gasteiger partial charge in [0.05, 0.1) is 71.1 Å². The van der Waals surface area contributed by atoms with Crippen LogP contribution in [-0.4, -0.2) is 113 Å². The fourth-order valence-electron chi connectivity index (χ4n) is 3.42. The highest BCUT2D eigenvalue weighted by Crippen LogP contribution is 2.81. The van der Waals surface area contributed by atoms with Gasteiger partial charge in [-0.15, -0.1) is 0 Å². The number of aliphatic hydroxyl groups excluding tert-OH is 1. The van der Waals surface area contributed by atoms with E-state index in [1.165, 1.54) is 0 Å². The second kappa shape index (κ2) is 16.8. The first-order valence-corrected chi connectivity index (χ1v) is 16.9. The predicted molar refractivity (Wildman–Crippen MR) is 143 cm³/mol. The lowest BCUT2D eigenvalue weighted by Crippen LogP contribution is -2.30. The Morgan fingerprint density at radius 1 is 0.763 bits per heavy atom. The quantitative estimate of drug-likeness (QED) is 0.216. The fourth-order valence-corrected chi connectivity index (χ4v) is 15.8. The van der Waals surface area contributed by atoms with Crippen LogP contribution >= 0.6 is 22.7 Å². The van der Waals surface area contributed by atoms with Crippen LogP contribution in [0.2, 0.25) is 0 Å². The first-order valence-electron chi connectivity index (χ1n) is 12.2. The molecule has 0 radical (unpaired) electrons. The Labute approximate surface area is 225 Å². The molecule has 1 N–H and O–H groups in total. The summed E-state index contributed by atoms with van der Waals surface area (Å²) in [6, 6.07) is 6.51. The van der Waals surface area contributed by atoms with Crippen molar-refractivity contribution in [1.82, 2.24) is 14.0 Å². The molecule has 2 aliphatic heterocycles. The molecule has 18 heteroatoms. The highest BCUT2D eigenvalue weighted by molar-refractivity contribution is 7.80. The summed E-state index contributed by atoms with van der Waals surface area (Å²) in [6.45, 7) is 2.49. The predicted octanol–water partition coefficient (Wildman–Crippen LogP) is 3.46. The molecule has 0 aliphatic carbocycles. The van der Waals surface area contributed by atoms with Gasteiger partial charge in [0.15, 0.2) is 0 Å². The van der Waals surface area contributed by atoms with Crippen molar-refractivity contribution in [3.05, 3.63) is 0 Å². The topological polar surface area (TPSA) is 185 Å². The number of aliphatic hydroxyl groups is 1. The summed E-state index contributed by atoms with van der Waals surface area (Å²) in [5, 5.41) is 37.0. The van der Waals surface area contributed by atoms with Crippen LogP contribution in [0.4, 0.5) is 0 Å². The molecule has 0 aromatic heterocycles. The van der Waals surface area contributed by atoms with E-state index in [9.17, 15) is 15.8 Å². The average molecular weight is 594 g/mol. The number of hydrogen-bond acceptors (Lipinski definition) is 15. The van der Waals surface area contributed by atoms with E-state index in [1.807, 2.05) is 28.1 Å². The summed E-state index contributed by atoms with van der Waals surface area (Å²) >= 11 is 0. The molecule has 1 saturated heterocycles. The molecule has 0 aromatic carbocycles. The lowest BCUT2D eigenvalue weighted by atomic mass is 10.5. The van der Waals surface area contributed by atoms with Crippen molar-refractivity contribution in [2.75, 3.05) is 93.6 Å². The van der Waals surface area contributed by atoms with Crippen LogP contribution in [0.3, 0.4) is 0 Å². The standard InChI is InChI=1S/C20H38N9O6P3/c1-27(10-4-7-21)36(28(2)11-5-8-22)24-37(29(3)12-6-9-23,33-18-15-31-14-13-30)26-38(25-36)34-19-16-32-17-20-35-38/h30H,4-6,10-20H2,1-3H3. The van der Waals surface area contributed by atoms with E-state index in [-0.39, 0.29) is 58.9 Å². The molecule has 2 rings (SSSR count). The summed E-state index contributed by atoms with van der Waals surface area (Å²) < 4.78 is 50.9. The van der Waals surface area contributed by atoms with Gasteiger partial charge in [0.2, 0.25) is 7.51 Å². The van der Waals surface area contributed by atoms with Gasteiger partial charge in [-0.3, -0.25) is 0 Å². The Kier molecular flexibility index (Phi) is 14.6. The van der Waals surface area contributed by atoms with Crippen LogP contribution in [0, 0.1) is 34.0 Å². The maximum atomic E-state index is 9.32.